The van der Waals surface area contributed by atoms with Crippen LogP contribution >= 0.6 is 0 Å². The second-order valence-electron chi connectivity index (χ2n) is 4.06. The molecule has 1 aliphatic rings. The van der Waals surface area contributed by atoms with Crippen molar-refractivity contribution in [3.8, 4) is 0 Å². The van der Waals surface area contributed by atoms with E-state index in [1.807, 2.05) is 28.8 Å². The number of aldehydes is 1. The third kappa shape index (κ3) is 1.19. The molecular formula is C12H12N2O. The van der Waals surface area contributed by atoms with Crippen molar-refractivity contribution in [2.24, 2.45) is 0 Å². The maximum Gasteiger partial charge on any atom is 0.170 e. The molecule has 0 bridgehead atoms. The highest BCUT2D eigenvalue weighted by Crippen LogP contribution is 2.36. The van der Waals surface area contributed by atoms with Crippen LogP contribution in [-0.2, 0) is 0 Å². The van der Waals surface area contributed by atoms with Crippen LogP contribution in [0.4, 0.5) is 0 Å². The first-order chi connectivity index (χ1) is 7.40. The van der Waals surface area contributed by atoms with E-state index in [4.69, 9.17) is 0 Å². The summed E-state index contributed by atoms with van der Waals surface area (Å²) in [5.74, 6) is 1.60. The van der Waals surface area contributed by atoms with Crippen LogP contribution in [0.5, 0.6) is 0 Å². The van der Waals surface area contributed by atoms with E-state index in [-0.39, 0.29) is 0 Å². The van der Waals surface area contributed by atoms with E-state index in [9.17, 15) is 4.79 Å². The topological polar surface area (TPSA) is 34.4 Å². The smallest absolute Gasteiger partial charge is 0.170 e. The zero-order valence-corrected chi connectivity index (χ0v) is 8.39. The van der Waals surface area contributed by atoms with Gasteiger partial charge in [0.25, 0.3) is 0 Å². The molecule has 2 aromatic heterocycles. The Morgan fingerprint density at radius 1 is 1.40 bits per heavy atom. The van der Waals surface area contributed by atoms with Gasteiger partial charge in [0.05, 0.1) is 5.52 Å². The summed E-state index contributed by atoms with van der Waals surface area (Å²) in [4.78, 5) is 15.3. The Morgan fingerprint density at radius 3 is 2.93 bits per heavy atom. The fourth-order valence-electron chi connectivity index (χ4n) is 2.13. The molecule has 0 unspecified atom stereocenters. The van der Waals surface area contributed by atoms with Gasteiger partial charge in [0.2, 0.25) is 0 Å². The lowest BCUT2D eigenvalue weighted by molar-refractivity contribution is 0.112. The van der Waals surface area contributed by atoms with Crippen LogP contribution in [0.25, 0.3) is 5.52 Å². The van der Waals surface area contributed by atoms with E-state index in [1.54, 1.807) is 0 Å². The number of carbonyl (C=O) groups is 1. The van der Waals surface area contributed by atoms with Crippen molar-refractivity contribution in [3.63, 3.8) is 0 Å². The minimum Gasteiger partial charge on any atom is -0.303 e. The first kappa shape index (κ1) is 8.65. The first-order valence-electron chi connectivity index (χ1n) is 5.32. The summed E-state index contributed by atoms with van der Waals surface area (Å²) >= 11 is 0. The van der Waals surface area contributed by atoms with Gasteiger partial charge in [-0.1, -0.05) is 12.5 Å². The minimum absolute atomic E-state index is 0.550. The lowest BCUT2D eigenvalue weighted by Crippen LogP contribution is -2.12. The minimum atomic E-state index is 0.550. The van der Waals surface area contributed by atoms with Crippen molar-refractivity contribution in [1.29, 1.82) is 0 Å². The lowest BCUT2D eigenvalue weighted by Gasteiger charge is -2.23. The molecule has 1 aliphatic carbocycles. The molecule has 76 valence electrons. The molecular weight excluding hydrogens is 188 g/mol. The molecule has 3 nitrogen and oxygen atoms in total. The fraction of sp³-hybridized carbons (Fsp3) is 0.333. The number of aromatic nitrogens is 2. The van der Waals surface area contributed by atoms with Crippen LogP contribution in [0, 0.1) is 0 Å². The van der Waals surface area contributed by atoms with Crippen LogP contribution in [0.2, 0.25) is 0 Å². The van der Waals surface area contributed by atoms with Gasteiger partial charge >= 0.3 is 0 Å². The Hall–Kier alpha value is -1.64. The lowest BCUT2D eigenvalue weighted by atomic mass is 9.85. The number of hydrogen-bond donors (Lipinski definition) is 0. The van der Waals surface area contributed by atoms with Crippen LogP contribution in [-0.4, -0.2) is 15.7 Å². The predicted octanol–water partition coefficient (Wildman–Crippen LogP) is 2.41. The number of carbonyl (C=O) groups excluding carboxylic acids is 1. The quantitative estimate of drug-likeness (QED) is 0.698. The molecule has 15 heavy (non-hydrogen) atoms. The number of imidazole rings is 1. The van der Waals surface area contributed by atoms with Crippen molar-refractivity contribution in [2.45, 2.75) is 25.2 Å². The molecule has 0 aromatic carbocycles. The molecule has 1 saturated carbocycles. The average Bonchev–Trinajstić information content (AvgIpc) is 2.55. The summed E-state index contributed by atoms with van der Waals surface area (Å²) in [6, 6.07) is 5.86. The molecule has 0 amide bonds. The van der Waals surface area contributed by atoms with Crippen LogP contribution in [0.3, 0.4) is 0 Å². The SMILES string of the molecule is O=Cc1nc(C2CCC2)n2ccccc12. The second kappa shape index (κ2) is 3.19. The van der Waals surface area contributed by atoms with E-state index in [2.05, 4.69) is 4.98 Å². The Kier molecular flexibility index (Phi) is 1.84. The maximum absolute atomic E-state index is 10.9. The molecule has 0 atom stereocenters. The molecule has 0 N–H and O–H groups in total. The summed E-state index contributed by atoms with van der Waals surface area (Å²) in [5, 5.41) is 0. The number of fused-ring (bicyclic) bond motifs is 1. The van der Waals surface area contributed by atoms with Gasteiger partial charge in [-0.05, 0) is 25.0 Å². The molecule has 0 spiro atoms. The van der Waals surface area contributed by atoms with Gasteiger partial charge in [-0.2, -0.15) is 0 Å². The van der Waals surface area contributed by atoms with Gasteiger partial charge in [0, 0.05) is 12.1 Å². The van der Waals surface area contributed by atoms with Gasteiger partial charge in [-0.25, -0.2) is 4.98 Å². The van der Waals surface area contributed by atoms with E-state index in [0.29, 0.717) is 11.6 Å². The van der Waals surface area contributed by atoms with Crippen molar-refractivity contribution in [3.05, 3.63) is 35.9 Å². The normalized spacial score (nSPS) is 16.5. The van der Waals surface area contributed by atoms with Gasteiger partial charge < -0.3 is 4.40 Å². The summed E-state index contributed by atoms with van der Waals surface area (Å²) in [6.07, 6.45) is 6.52. The monoisotopic (exact) mass is 200 g/mol. The Balaban J connectivity index is 2.24. The van der Waals surface area contributed by atoms with Gasteiger partial charge in [0.15, 0.2) is 6.29 Å². The van der Waals surface area contributed by atoms with E-state index in [0.717, 1.165) is 17.6 Å². The summed E-state index contributed by atoms with van der Waals surface area (Å²) < 4.78 is 2.05. The molecule has 2 heterocycles. The Labute approximate surface area is 87.7 Å². The maximum atomic E-state index is 10.9. The summed E-state index contributed by atoms with van der Waals surface area (Å²) in [5.41, 5.74) is 1.49. The highest BCUT2D eigenvalue weighted by Gasteiger charge is 2.24. The summed E-state index contributed by atoms with van der Waals surface area (Å²) in [7, 11) is 0. The highest BCUT2D eigenvalue weighted by molar-refractivity contribution is 5.83. The predicted molar refractivity (Wildman–Crippen MR) is 57.2 cm³/mol. The first-order valence-corrected chi connectivity index (χ1v) is 5.32. The third-order valence-electron chi connectivity index (χ3n) is 3.19. The standard InChI is InChI=1S/C12H12N2O/c15-8-10-11-6-1-2-7-14(11)12(13-10)9-4-3-5-9/h1-2,6-9H,3-5H2. The molecule has 3 rings (SSSR count). The second-order valence-corrected chi connectivity index (χ2v) is 4.06. The number of nitrogens with zero attached hydrogens (tertiary/aromatic N) is 2. The average molecular weight is 200 g/mol. The van der Waals surface area contributed by atoms with Crippen LogP contribution in [0.15, 0.2) is 24.4 Å². The van der Waals surface area contributed by atoms with E-state index in [1.165, 1.54) is 19.3 Å². The zero-order chi connectivity index (χ0) is 10.3. The zero-order valence-electron chi connectivity index (χ0n) is 8.39. The molecule has 0 radical (unpaired) electrons. The molecule has 0 aliphatic heterocycles. The fourth-order valence-corrected chi connectivity index (χ4v) is 2.13. The van der Waals surface area contributed by atoms with Crippen molar-refractivity contribution < 1.29 is 4.79 Å². The van der Waals surface area contributed by atoms with Crippen molar-refractivity contribution >= 4 is 11.8 Å². The highest BCUT2D eigenvalue weighted by atomic mass is 16.1. The van der Waals surface area contributed by atoms with Crippen molar-refractivity contribution in [2.75, 3.05) is 0 Å². The van der Waals surface area contributed by atoms with Crippen LogP contribution < -0.4 is 0 Å². The van der Waals surface area contributed by atoms with Crippen LogP contribution in [0.1, 0.15) is 41.5 Å². The Bertz CT molecular complexity index is 511. The molecule has 3 heteroatoms. The number of hydrogen-bond acceptors (Lipinski definition) is 2. The molecule has 1 fully saturated rings. The molecule has 0 saturated heterocycles. The third-order valence-corrected chi connectivity index (χ3v) is 3.19. The van der Waals surface area contributed by atoms with Gasteiger partial charge in [0.1, 0.15) is 11.5 Å². The Morgan fingerprint density at radius 2 is 2.27 bits per heavy atom. The van der Waals surface area contributed by atoms with Crippen molar-refractivity contribution in [1.82, 2.24) is 9.38 Å². The number of rotatable bonds is 2. The van der Waals surface area contributed by atoms with E-state index >= 15 is 0 Å². The number of pyridine rings is 1. The largest absolute Gasteiger partial charge is 0.303 e. The molecule has 2 aromatic rings. The summed E-state index contributed by atoms with van der Waals surface area (Å²) in [6.45, 7) is 0. The van der Waals surface area contributed by atoms with Gasteiger partial charge in [-0.3, -0.25) is 4.79 Å². The van der Waals surface area contributed by atoms with E-state index < -0.39 is 0 Å². The van der Waals surface area contributed by atoms with Gasteiger partial charge in [-0.15, -0.1) is 0 Å².